The molecule has 1 amide bonds. The molecule has 2 rings (SSSR count). The number of nitrogens with zero attached hydrogens (tertiary/aromatic N) is 2. The Labute approximate surface area is 124 Å². The van der Waals surface area contributed by atoms with Crippen LogP contribution in [0.25, 0.3) is 0 Å². The lowest BCUT2D eigenvalue weighted by molar-refractivity contribution is 0.0957. The van der Waals surface area contributed by atoms with Crippen molar-refractivity contribution in [2.45, 2.75) is 19.9 Å². The first-order valence-electron chi connectivity index (χ1n) is 6.97. The van der Waals surface area contributed by atoms with Crippen LogP contribution in [0, 0.1) is 12.8 Å². The Balaban J connectivity index is 1.92. The Hall–Kier alpha value is -0.950. The van der Waals surface area contributed by atoms with Crippen LogP contribution in [-0.4, -0.2) is 49.4 Å². The number of hydrogen-bond donors (Lipinski definition) is 2. The van der Waals surface area contributed by atoms with E-state index in [-0.39, 0.29) is 5.91 Å². The van der Waals surface area contributed by atoms with Crippen molar-refractivity contribution in [1.82, 2.24) is 15.2 Å². The van der Waals surface area contributed by atoms with E-state index >= 15 is 0 Å². The van der Waals surface area contributed by atoms with Gasteiger partial charge < -0.3 is 9.80 Å². The van der Waals surface area contributed by atoms with Gasteiger partial charge in [0, 0.05) is 24.5 Å². The number of nitrogens with two attached hydrogens (primary N) is 1. The van der Waals surface area contributed by atoms with Crippen molar-refractivity contribution in [2.24, 2.45) is 11.8 Å². The lowest BCUT2D eigenvalue weighted by Crippen LogP contribution is -2.29. The zero-order valence-electron chi connectivity index (χ0n) is 12.5. The molecule has 1 aliphatic rings. The van der Waals surface area contributed by atoms with Gasteiger partial charge >= 0.3 is 0 Å². The molecule has 1 aromatic heterocycles. The molecule has 0 bridgehead atoms. The zero-order valence-corrected chi connectivity index (χ0v) is 13.3. The number of amides is 1. The summed E-state index contributed by atoms with van der Waals surface area (Å²) in [5, 5.41) is 0. The monoisotopic (exact) mass is 296 g/mol. The van der Waals surface area contributed by atoms with Crippen molar-refractivity contribution in [2.75, 3.05) is 33.7 Å². The Morgan fingerprint density at radius 2 is 2.40 bits per heavy atom. The van der Waals surface area contributed by atoms with E-state index in [2.05, 4.69) is 36.2 Å². The van der Waals surface area contributed by atoms with Gasteiger partial charge in [0.2, 0.25) is 0 Å². The summed E-state index contributed by atoms with van der Waals surface area (Å²) < 4.78 is 0. The van der Waals surface area contributed by atoms with Gasteiger partial charge in [0.1, 0.15) is 0 Å². The third-order valence-electron chi connectivity index (χ3n) is 3.87. The predicted molar refractivity (Wildman–Crippen MR) is 82.6 cm³/mol. The summed E-state index contributed by atoms with van der Waals surface area (Å²) in [7, 11) is 4.33. The molecule has 6 heteroatoms. The largest absolute Gasteiger partial charge is 0.306 e. The highest BCUT2D eigenvalue weighted by Crippen LogP contribution is 2.23. The van der Waals surface area contributed by atoms with Crippen LogP contribution in [0.5, 0.6) is 0 Å². The van der Waals surface area contributed by atoms with Crippen molar-refractivity contribution in [3.05, 3.63) is 21.4 Å². The van der Waals surface area contributed by atoms with Crippen LogP contribution >= 0.6 is 11.3 Å². The van der Waals surface area contributed by atoms with Crippen LogP contribution in [0.4, 0.5) is 0 Å². The normalized spacial score (nSPS) is 19.8. The van der Waals surface area contributed by atoms with E-state index in [0.29, 0.717) is 4.88 Å². The first-order valence-corrected chi connectivity index (χ1v) is 7.78. The summed E-state index contributed by atoms with van der Waals surface area (Å²) in [6.07, 6.45) is 1.28. The van der Waals surface area contributed by atoms with Gasteiger partial charge in [-0.25, -0.2) is 5.84 Å². The van der Waals surface area contributed by atoms with E-state index in [4.69, 9.17) is 5.84 Å². The molecule has 0 aromatic carbocycles. The molecule has 1 unspecified atom stereocenters. The van der Waals surface area contributed by atoms with E-state index in [1.165, 1.54) is 41.3 Å². The second-order valence-corrected chi connectivity index (χ2v) is 7.04. The van der Waals surface area contributed by atoms with E-state index in [9.17, 15) is 4.79 Å². The fourth-order valence-electron chi connectivity index (χ4n) is 2.83. The van der Waals surface area contributed by atoms with Gasteiger partial charge in [0.15, 0.2) is 0 Å². The Morgan fingerprint density at radius 1 is 1.65 bits per heavy atom. The topological polar surface area (TPSA) is 61.6 Å². The number of nitrogen functional groups attached to an aromatic ring is 1. The van der Waals surface area contributed by atoms with Crippen LogP contribution in [0.2, 0.25) is 0 Å². The number of thiophene rings is 1. The van der Waals surface area contributed by atoms with Crippen molar-refractivity contribution in [3.8, 4) is 0 Å². The zero-order chi connectivity index (χ0) is 14.7. The molecule has 0 spiro atoms. The molecule has 0 saturated carbocycles. The van der Waals surface area contributed by atoms with Crippen LogP contribution in [0.1, 0.15) is 26.5 Å². The summed E-state index contributed by atoms with van der Waals surface area (Å²) >= 11 is 1.51. The number of likely N-dealkylation sites (tertiary alicyclic amines) is 1. The predicted octanol–water partition coefficient (Wildman–Crippen LogP) is 1.04. The van der Waals surface area contributed by atoms with Crippen molar-refractivity contribution in [1.29, 1.82) is 0 Å². The third-order valence-corrected chi connectivity index (χ3v) is 4.97. The van der Waals surface area contributed by atoms with Gasteiger partial charge in [0.05, 0.1) is 4.88 Å². The molecule has 1 atom stereocenters. The van der Waals surface area contributed by atoms with E-state index < -0.39 is 0 Å². The average Bonchev–Trinajstić information content (AvgIpc) is 2.96. The molecule has 3 N–H and O–H groups in total. The van der Waals surface area contributed by atoms with Gasteiger partial charge in [-0.05, 0) is 51.5 Å². The second-order valence-electron chi connectivity index (χ2n) is 5.78. The van der Waals surface area contributed by atoms with E-state index in [1.807, 2.05) is 6.07 Å². The molecule has 20 heavy (non-hydrogen) atoms. The Kier molecular flexibility index (Phi) is 5.15. The highest BCUT2D eigenvalue weighted by atomic mass is 32.1. The minimum atomic E-state index is -0.204. The number of hydrazine groups is 1. The lowest BCUT2D eigenvalue weighted by atomic mass is 10.1. The quantitative estimate of drug-likeness (QED) is 0.484. The molecule has 1 aromatic rings. The van der Waals surface area contributed by atoms with Gasteiger partial charge in [-0.2, -0.15) is 0 Å². The summed E-state index contributed by atoms with van der Waals surface area (Å²) in [5.74, 6) is 5.73. The van der Waals surface area contributed by atoms with Crippen LogP contribution in [0.15, 0.2) is 6.07 Å². The van der Waals surface area contributed by atoms with Crippen LogP contribution in [0.3, 0.4) is 0 Å². The summed E-state index contributed by atoms with van der Waals surface area (Å²) in [6, 6.07) is 1.96. The third kappa shape index (κ3) is 3.79. The fraction of sp³-hybridized carbons (Fsp3) is 0.643. The SMILES string of the molecule is Cc1sc(C(=O)NN)cc1CN(C)CC1CCN(C)C1. The highest BCUT2D eigenvalue weighted by Gasteiger charge is 2.21. The van der Waals surface area contributed by atoms with E-state index in [0.717, 1.165) is 19.0 Å². The number of carbonyl (C=O) groups excluding carboxylic acids is 1. The molecule has 1 fully saturated rings. The highest BCUT2D eigenvalue weighted by molar-refractivity contribution is 7.14. The van der Waals surface area contributed by atoms with Gasteiger partial charge in [-0.3, -0.25) is 10.2 Å². The first-order chi connectivity index (χ1) is 9.49. The van der Waals surface area contributed by atoms with Crippen LogP contribution in [-0.2, 0) is 6.54 Å². The fourth-order valence-corrected chi connectivity index (χ4v) is 3.77. The molecule has 112 valence electrons. The van der Waals surface area contributed by atoms with E-state index in [1.54, 1.807) is 0 Å². The summed E-state index contributed by atoms with van der Waals surface area (Å²) in [4.78, 5) is 18.2. The average molecular weight is 296 g/mol. The number of rotatable bonds is 5. The first kappa shape index (κ1) is 15.4. The minimum Gasteiger partial charge on any atom is -0.306 e. The Bertz CT molecular complexity index is 474. The molecule has 2 heterocycles. The maximum Gasteiger partial charge on any atom is 0.275 e. The minimum absolute atomic E-state index is 0.204. The molecule has 1 saturated heterocycles. The second kappa shape index (κ2) is 6.67. The molecule has 5 nitrogen and oxygen atoms in total. The Morgan fingerprint density at radius 3 is 3.00 bits per heavy atom. The summed E-state index contributed by atoms with van der Waals surface area (Å²) in [5.41, 5.74) is 3.42. The maximum atomic E-state index is 11.5. The van der Waals surface area contributed by atoms with Gasteiger partial charge in [0.25, 0.3) is 5.91 Å². The maximum absolute atomic E-state index is 11.5. The number of nitrogens with one attached hydrogen (secondary N) is 1. The number of carbonyl (C=O) groups is 1. The molecular weight excluding hydrogens is 272 g/mol. The number of aryl methyl sites for hydroxylation is 1. The smallest absolute Gasteiger partial charge is 0.275 e. The molecular formula is C14H24N4OS. The molecule has 0 radical (unpaired) electrons. The standard InChI is InChI=1S/C14H24N4OS/c1-10-12(6-13(20-10)14(19)16-15)9-18(3)8-11-4-5-17(2)7-11/h6,11H,4-5,7-9,15H2,1-3H3,(H,16,19). The lowest BCUT2D eigenvalue weighted by Gasteiger charge is -2.20. The van der Waals surface area contributed by atoms with Gasteiger partial charge in [-0.1, -0.05) is 0 Å². The summed E-state index contributed by atoms with van der Waals surface area (Å²) in [6.45, 7) is 6.45. The number of hydrogen-bond acceptors (Lipinski definition) is 5. The van der Waals surface area contributed by atoms with Crippen molar-refractivity contribution in [3.63, 3.8) is 0 Å². The molecule has 1 aliphatic heterocycles. The van der Waals surface area contributed by atoms with Crippen molar-refractivity contribution < 1.29 is 4.79 Å². The van der Waals surface area contributed by atoms with Gasteiger partial charge in [-0.15, -0.1) is 11.3 Å². The van der Waals surface area contributed by atoms with Crippen molar-refractivity contribution >= 4 is 17.2 Å². The van der Waals surface area contributed by atoms with Crippen LogP contribution < -0.4 is 11.3 Å². The molecule has 0 aliphatic carbocycles.